The zero-order chi connectivity index (χ0) is 17.1. The highest BCUT2D eigenvalue weighted by atomic mass is 16.3. The molecule has 1 N–H and O–H groups in total. The topological polar surface area (TPSA) is 54.2 Å². The number of likely N-dealkylation sites (tertiary alicyclic amines) is 1. The highest BCUT2D eigenvalue weighted by molar-refractivity contribution is 5.78. The van der Waals surface area contributed by atoms with E-state index in [2.05, 4.69) is 28.2 Å². The van der Waals surface area contributed by atoms with E-state index in [1.807, 2.05) is 41.3 Å². The molecule has 0 unspecified atom stereocenters. The quantitative estimate of drug-likeness (QED) is 0.751. The molecule has 0 saturated carbocycles. The van der Waals surface area contributed by atoms with Crippen LogP contribution in [0.3, 0.4) is 0 Å². The van der Waals surface area contributed by atoms with Crippen LogP contribution in [0.2, 0.25) is 0 Å². The Labute approximate surface area is 147 Å². The smallest absolute Gasteiger partial charge is 0.0711 e. The van der Waals surface area contributed by atoms with E-state index in [-0.39, 0.29) is 12.0 Å². The third-order valence-corrected chi connectivity index (χ3v) is 5.03. The molecule has 1 aromatic carbocycles. The number of aliphatic hydroxyl groups excluding tert-OH is 1. The van der Waals surface area contributed by atoms with Gasteiger partial charge in [0.15, 0.2) is 0 Å². The van der Waals surface area contributed by atoms with Crippen molar-refractivity contribution in [2.24, 2.45) is 5.92 Å². The molecule has 0 aliphatic carbocycles. The maximum Gasteiger partial charge on any atom is 0.0711 e. The molecule has 0 amide bonds. The van der Waals surface area contributed by atoms with E-state index in [1.165, 1.54) is 5.39 Å². The van der Waals surface area contributed by atoms with E-state index < -0.39 is 0 Å². The molecule has 0 spiro atoms. The molecule has 5 nitrogen and oxygen atoms in total. The molecular weight excluding hydrogens is 312 g/mol. The largest absolute Gasteiger partial charge is 0.391 e. The maximum absolute atomic E-state index is 10.4. The predicted molar refractivity (Wildman–Crippen MR) is 98.2 cm³/mol. The van der Waals surface area contributed by atoms with Gasteiger partial charge in [-0.05, 0) is 31.0 Å². The number of fused-ring (bicyclic) bond motifs is 1. The van der Waals surface area contributed by atoms with Gasteiger partial charge in [-0.2, -0.15) is 5.10 Å². The van der Waals surface area contributed by atoms with Gasteiger partial charge in [-0.25, -0.2) is 0 Å². The summed E-state index contributed by atoms with van der Waals surface area (Å²) in [7, 11) is 0. The highest BCUT2D eigenvalue weighted by Crippen LogP contribution is 2.22. The average molecular weight is 336 g/mol. The number of hydrogen-bond acceptors (Lipinski definition) is 4. The number of benzene rings is 1. The van der Waals surface area contributed by atoms with Crippen molar-refractivity contribution in [3.63, 3.8) is 0 Å². The van der Waals surface area contributed by atoms with Crippen LogP contribution in [-0.2, 0) is 13.0 Å². The molecule has 3 aromatic rings. The van der Waals surface area contributed by atoms with Crippen LogP contribution in [0.4, 0.5) is 0 Å². The van der Waals surface area contributed by atoms with Crippen LogP contribution >= 0.6 is 0 Å². The molecule has 2 atom stereocenters. The van der Waals surface area contributed by atoms with Crippen LogP contribution in [0.25, 0.3) is 10.9 Å². The molecule has 1 saturated heterocycles. The van der Waals surface area contributed by atoms with E-state index in [0.29, 0.717) is 0 Å². The molecule has 2 aromatic heterocycles. The summed E-state index contributed by atoms with van der Waals surface area (Å²) in [6, 6.07) is 14.3. The van der Waals surface area contributed by atoms with Crippen LogP contribution < -0.4 is 0 Å². The average Bonchev–Trinajstić information content (AvgIpc) is 3.25. The first-order valence-corrected chi connectivity index (χ1v) is 9.00. The Morgan fingerprint density at radius 2 is 1.96 bits per heavy atom. The molecule has 1 aliphatic rings. The fraction of sp³-hybridized carbons (Fsp3) is 0.400. The van der Waals surface area contributed by atoms with Gasteiger partial charge < -0.3 is 10.0 Å². The Morgan fingerprint density at radius 3 is 2.84 bits per heavy atom. The van der Waals surface area contributed by atoms with Gasteiger partial charge >= 0.3 is 0 Å². The molecule has 0 radical (unpaired) electrons. The number of aliphatic hydroxyl groups is 1. The van der Waals surface area contributed by atoms with Crippen LogP contribution in [0.15, 0.2) is 54.9 Å². The second kappa shape index (κ2) is 7.33. The second-order valence-corrected chi connectivity index (χ2v) is 6.91. The summed E-state index contributed by atoms with van der Waals surface area (Å²) < 4.78 is 1.96. The van der Waals surface area contributed by atoms with Crippen molar-refractivity contribution in [3.05, 3.63) is 60.6 Å². The first kappa shape index (κ1) is 16.2. The van der Waals surface area contributed by atoms with Gasteiger partial charge in [-0.15, -0.1) is 0 Å². The molecule has 1 fully saturated rings. The lowest BCUT2D eigenvalue weighted by Crippen LogP contribution is -2.24. The molecule has 5 heteroatoms. The van der Waals surface area contributed by atoms with Gasteiger partial charge in [0.25, 0.3) is 0 Å². The van der Waals surface area contributed by atoms with E-state index >= 15 is 0 Å². The lowest BCUT2D eigenvalue weighted by atomic mass is 9.99. The summed E-state index contributed by atoms with van der Waals surface area (Å²) in [4.78, 5) is 7.11. The molecule has 0 bridgehead atoms. The minimum atomic E-state index is -0.266. The first-order valence-electron chi connectivity index (χ1n) is 9.00. The van der Waals surface area contributed by atoms with Crippen molar-refractivity contribution in [2.45, 2.75) is 25.5 Å². The molecule has 1 aliphatic heterocycles. The first-order chi connectivity index (χ1) is 12.3. The minimum Gasteiger partial charge on any atom is -0.391 e. The SMILES string of the molecule is O[C@@H]1CN(CCCn2cccn2)C[C@H]1Cc1ccc2ccccc2n1. The molecular formula is C20H24N4O. The lowest BCUT2D eigenvalue weighted by molar-refractivity contribution is 0.141. The van der Waals surface area contributed by atoms with E-state index in [4.69, 9.17) is 4.98 Å². The summed E-state index contributed by atoms with van der Waals surface area (Å²) >= 11 is 0. The van der Waals surface area contributed by atoms with Gasteiger partial charge in [-0.1, -0.05) is 24.3 Å². The molecule has 3 heterocycles. The Bertz CT molecular complexity index is 817. The third kappa shape index (κ3) is 3.89. The van der Waals surface area contributed by atoms with Gasteiger partial charge in [-0.3, -0.25) is 9.67 Å². The zero-order valence-corrected chi connectivity index (χ0v) is 14.3. The van der Waals surface area contributed by atoms with Crippen LogP contribution in [0.5, 0.6) is 0 Å². The number of aromatic nitrogens is 3. The van der Waals surface area contributed by atoms with Crippen LogP contribution in [0, 0.1) is 5.92 Å². The van der Waals surface area contributed by atoms with Crippen molar-refractivity contribution in [3.8, 4) is 0 Å². The van der Waals surface area contributed by atoms with E-state index in [0.717, 1.165) is 50.2 Å². The van der Waals surface area contributed by atoms with Crippen molar-refractivity contribution in [1.82, 2.24) is 19.7 Å². The van der Waals surface area contributed by atoms with Gasteiger partial charge in [0, 0.05) is 55.6 Å². The lowest BCUT2D eigenvalue weighted by Gasteiger charge is -2.15. The number of aryl methyl sites for hydroxylation is 1. The van der Waals surface area contributed by atoms with E-state index in [1.54, 1.807) is 0 Å². The van der Waals surface area contributed by atoms with Crippen molar-refractivity contribution < 1.29 is 5.11 Å². The number of rotatable bonds is 6. The van der Waals surface area contributed by atoms with E-state index in [9.17, 15) is 5.11 Å². The number of para-hydroxylation sites is 1. The van der Waals surface area contributed by atoms with Crippen molar-refractivity contribution in [1.29, 1.82) is 0 Å². The minimum absolute atomic E-state index is 0.262. The third-order valence-electron chi connectivity index (χ3n) is 5.03. The number of β-amino-alcohol motifs (C(OH)–C–C–N with tert-alkyl or cyclic N) is 1. The monoisotopic (exact) mass is 336 g/mol. The molecule has 4 rings (SSSR count). The van der Waals surface area contributed by atoms with Crippen molar-refractivity contribution in [2.75, 3.05) is 19.6 Å². The number of nitrogens with zero attached hydrogens (tertiary/aromatic N) is 4. The number of pyridine rings is 1. The van der Waals surface area contributed by atoms with Gasteiger partial charge in [0.2, 0.25) is 0 Å². The maximum atomic E-state index is 10.4. The van der Waals surface area contributed by atoms with Crippen molar-refractivity contribution >= 4 is 10.9 Å². The Balaban J connectivity index is 1.32. The highest BCUT2D eigenvalue weighted by Gasteiger charge is 2.31. The second-order valence-electron chi connectivity index (χ2n) is 6.91. The van der Waals surface area contributed by atoms with Crippen LogP contribution in [0.1, 0.15) is 12.1 Å². The summed E-state index contributed by atoms with van der Waals surface area (Å²) in [6.45, 7) is 3.63. The Hall–Kier alpha value is -2.24. The number of hydrogen-bond donors (Lipinski definition) is 1. The van der Waals surface area contributed by atoms with Crippen LogP contribution in [-0.4, -0.2) is 50.5 Å². The summed E-state index contributed by atoms with van der Waals surface area (Å²) in [5.74, 6) is 0.262. The van der Waals surface area contributed by atoms with Gasteiger partial charge in [0.05, 0.1) is 11.6 Å². The fourth-order valence-electron chi connectivity index (χ4n) is 3.70. The fourth-order valence-corrected chi connectivity index (χ4v) is 3.70. The summed E-state index contributed by atoms with van der Waals surface area (Å²) in [6.07, 6.45) is 5.42. The molecule has 25 heavy (non-hydrogen) atoms. The Kier molecular flexibility index (Phi) is 4.76. The zero-order valence-electron chi connectivity index (χ0n) is 14.3. The predicted octanol–water partition coefficient (Wildman–Crippen LogP) is 2.36. The molecule has 130 valence electrons. The standard InChI is InChI=1S/C20H24N4O/c25-20-15-23(10-4-12-24-11-3-9-21-24)14-17(20)13-18-8-7-16-5-1-2-6-19(16)22-18/h1-3,5-9,11,17,20,25H,4,10,12-15H2/t17-,20-/m1/s1. The Morgan fingerprint density at radius 1 is 1.04 bits per heavy atom. The normalized spacial score (nSPS) is 21.2. The summed E-state index contributed by atoms with van der Waals surface area (Å²) in [5.41, 5.74) is 2.10. The summed E-state index contributed by atoms with van der Waals surface area (Å²) in [5, 5.41) is 15.8. The van der Waals surface area contributed by atoms with Gasteiger partial charge in [0.1, 0.15) is 0 Å².